The number of hydrogen-bond donors (Lipinski definition) is 2. The highest BCUT2D eigenvalue weighted by atomic mass is 16.5. The first-order valence-electron chi connectivity index (χ1n) is 6.48. The molecule has 0 spiro atoms. The van der Waals surface area contributed by atoms with Crippen molar-refractivity contribution in [2.75, 3.05) is 19.8 Å². The van der Waals surface area contributed by atoms with Gasteiger partial charge in [0.25, 0.3) is 0 Å². The fraction of sp³-hybridized carbons (Fsp3) is 0.571. The van der Waals surface area contributed by atoms with Gasteiger partial charge in [-0.15, -0.1) is 0 Å². The minimum atomic E-state index is -0.0637. The molecule has 2 rings (SSSR count). The van der Waals surface area contributed by atoms with Gasteiger partial charge in [0.15, 0.2) is 0 Å². The third kappa shape index (κ3) is 3.09. The quantitative estimate of drug-likeness (QED) is 0.827. The van der Waals surface area contributed by atoms with Crippen molar-refractivity contribution >= 4 is 0 Å². The molecule has 1 aliphatic rings. The smallest absolute Gasteiger partial charge is 0.0933 e. The molecule has 0 radical (unpaired) electrons. The molecular formula is C14H22N2O2. The molecule has 0 amide bonds. The van der Waals surface area contributed by atoms with Crippen LogP contribution in [0, 0.1) is 0 Å². The van der Waals surface area contributed by atoms with Crippen LogP contribution in [0.2, 0.25) is 0 Å². The van der Waals surface area contributed by atoms with E-state index in [2.05, 4.69) is 24.0 Å². The van der Waals surface area contributed by atoms with E-state index in [-0.39, 0.29) is 12.7 Å². The number of nitrogens with two attached hydrogens (primary N) is 1. The average Bonchev–Trinajstić information content (AvgIpc) is 2.42. The van der Waals surface area contributed by atoms with Gasteiger partial charge in [0.2, 0.25) is 0 Å². The summed E-state index contributed by atoms with van der Waals surface area (Å²) in [5.41, 5.74) is 8.22. The maximum Gasteiger partial charge on any atom is 0.0933 e. The van der Waals surface area contributed by atoms with E-state index in [1.54, 1.807) is 0 Å². The molecule has 0 aromatic heterocycles. The van der Waals surface area contributed by atoms with Crippen LogP contribution < -0.4 is 5.73 Å². The summed E-state index contributed by atoms with van der Waals surface area (Å²) in [7, 11) is 0. The number of ether oxygens (including phenoxy) is 1. The van der Waals surface area contributed by atoms with Crippen molar-refractivity contribution in [2.24, 2.45) is 5.73 Å². The average molecular weight is 250 g/mol. The Labute approximate surface area is 108 Å². The summed E-state index contributed by atoms with van der Waals surface area (Å²) in [5, 5.41) is 9.19. The molecule has 18 heavy (non-hydrogen) atoms. The topological polar surface area (TPSA) is 58.7 Å². The predicted octanol–water partition coefficient (Wildman–Crippen LogP) is 0.727. The molecule has 1 heterocycles. The lowest BCUT2D eigenvalue weighted by Crippen LogP contribution is -2.48. The zero-order valence-corrected chi connectivity index (χ0v) is 10.9. The van der Waals surface area contributed by atoms with Gasteiger partial charge in [-0.2, -0.15) is 0 Å². The van der Waals surface area contributed by atoms with Crippen molar-refractivity contribution in [3.63, 3.8) is 0 Å². The maximum absolute atomic E-state index is 9.19. The molecular weight excluding hydrogens is 228 g/mol. The molecule has 1 aliphatic heterocycles. The van der Waals surface area contributed by atoms with Crippen LogP contribution in [-0.4, -0.2) is 41.9 Å². The van der Waals surface area contributed by atoms with Crippen molar-refractivity contribution in [2.45, 2.75) is 32.2 Å². The standard InChI is InChI=1S/C14H22N2O2/c1-11-10-18-14(9-17)8-16(11)7-13-5-3-2-4-12(13)6-15/h2-5,11,14,17H,6-10,15H2,1H3. The zero-order valence-electron chi connectivity index (χ0n) is 10.9. The van der Waals surface area contributed by atoms with E-state index < -0.39 is 0 Å². The van der Waals surface area contributed by atoms with E-state index in [9.17, 15) is 5.11 Å². The number of hydrogen-bond acceptors (Lipinski definition) is 4. The van der Waals surface area contributed by atoms with Gasteiger partial charge >= 0.3 is 0 Å². The summed E-state index contributed by atoms with van der Waals surface area (Å²) >= 11 is 0. The van der Waals surface area contributed by atoms with Crippen LogP contribution in [0.5, 0.6) is 0 Å². The molecule has 0 bridgehead atoms. The number of rotatable bonds is 4. The van der Waals surface area contributed by atoms with Crippen molar-refractivity contribution in [1.82, 2.24) is 4.90 Å². The van der Waals surface area contributed by atoms with Crippen LogP contribution >= 0.6 is 0 Å². The first-order chi connectivity index (χ1) is 8.74. The van der Waals surface area contributed by atoms with E-state index in [0.717, 1.165) is 13.1 Å². The van der Waals surface area contributed by atoms with Gasteiger partial charge in [-0.25, -0.2) is 0 Å². The maximum atomic E-state index is 9.19. The summed E-state index contributed by atoms with van der Waals surface area (Å²) in [6, 6.07) is 8.63. The number of nitrogens with zero attached hydrogens (tertiary/aromatic N) is 1. The highest BCUT2D eigenvalue weighted by Gasteiger charge is 2.25. The Hall–Kier alpha value is -0.940. The number of benzene rings is 1. The first kappa shape index (κ1) is 13.5. The van der Waals surface area contributed by atoms with E-state index in [0.29, 0.717) is 19.2 Å². The van der Waals surface area contributed by atoms with Crippen LogP contribution in [0.25, 0.3) is 0 Å². The summed E-state index contributed by atoms with van der Waals surface area (Å²) in [6.07, 6.45) is -0.0637. The molecule has 1 fully saturated rings. The lowest BCUT2D eigenvalue weighted by molar-refractivity contribution is -0.0806. The Kier molecular flexibility index (Phi) is 4.72. The van der Waals surface area contributed by atoms with E-state index in [4.69, 9.17) is 10.5 Å². The largest absolute Gasteiger partial charge is 0.394 e. The second-order valence-corrected chi connectivity index (χ2v) is 4.89. The van der Waals surface area contributed by atoms with Crippen LogP contribution in [0.3, 0.4) is 0 Å². The third-order valence-corrected chi connectivity index (χ3v) is 3.55. The Morgan fingerprint density at radius 2 is 2.11 bits per heavy atom. The van der Waals surface area contributed by atoms with E-state index >= 15 is 0 Å². The second kappa shape index (κ2) is 6.29. The number of aliphatic hydroxyl groups excluding tert-OH is 1. The summed E-state index contributed by atoms with van der Waals surface area (Å²) < 4.78 is 5.55. The number of aliphatic hydroxyl groups is 1. The highest BCUT2D eigenvalue weighted by molar-refractivity contribution is 5.26. The zero-order chi connectivity index (χ0) is 13.0. The molecule has 0 aliphatic carbocycles. The molecule has 4 nitrogen and oxygen atoms in total. The highest BCUT2D eigenvalue weighted by Crippen LogP contribution is 2.17. The molecule has 100 valence electrons. The molecule has 1 saturated heterocycles. The van der Waals surface area contributed by atoms with Crippen LogP contribution in [-0.2, 0) is 17.8 Å². The Morgan fingerprint density at radius 3 is 2.78 bits per heavy atom. The molecule has 2 unspecified atom stereocenters. The van der Waals surface area contributed by atoms with Crippen LogP contribution in [0.1, 0.15) is 18.1 Å². The summed E-state index contributed by atoms with van der Waals surface area (Å²) in [4.78, 5) is 2.35. The normalized spacial score (nSPS) is 25.3. The van der Waals surface area contributed by atoms with Gasteiger partial charge in [0, 0.05) is 25.7 Å². The van der Waals surface area contributed by atoms with E-state index in [1.807, 2.05) is 12.1 Å². The first-order valence-corrected chi connectivity index (χ1v) is 6.48. The number of morpholine rings is 1. The second-order valence-electron chi connectivity index (χ2n) is 4.89. The van der Waals surface area contributed by atoms with Crippen molar-refractivity contribution in [3.8, 4) is 0 Å². The fourth-order valence-corrected chi connectivity index (χ4v) is 2.34. The molecule has 0 saturated carbocycles. The van der Waals surface area contributed by atoms with E-state index in [1.165, 1.54) is 11.1 Å². The predicted molar refractivity (Wildman–Crippen MR) is 71.0 cm³/mol. The minimum absolute atomic E-state index is 0.0637. The SMILES string of the molecule is CC1COC(CO)CN1Cc1ccccc1CN. The minimum Gasteiger partial charge on any atom is -0.394 e. The summed E-state index contributed by atoms with van der Waals surface area (Å²) in [5.74, 6) is 0. The van der Waals surface area contributed by atoms with Gasteiger partial charge in [-0.1, -0.05) is 24.3 Å². The third-order valence-electron chi connectivity index (χ3n) is 3.55. The lowest BCUT2D eigenvalue weighted by Gasteiger charge is -2.37. The fourth-order valence-electron chi connectivity index (χ4n) is 2.34. The molecule has 3 N–H and O–H groups in total. The van der Waals surface area contributed by atoms with Gasteiger partial charge in [-0.05, 0) is 18.1 Å². The van der Waals surface area contributed by atoms with Crippen molar-refractivity contribution < 1.29 is 9.84 Å². The molecule has 4 heteroatoms. The van der Waals surface area contributed by atoms with Crippen LogP contribution in [0.15, 0.2) is 24.3 Å². The molecule has 2 atom stereocenters. The van der Waals surface area contributed by atoms with Gasteiger partial charge in [-0.3, -0.25) is 4.90 Å². The van der Waals surface area contributed by atoms with Crippen LogP contribution in [0.4, 0.5) is 0 Å². The molecule has 1 aromatic rings. The van der Waals surface area contributed by atoms with Gasteiger partial charge < -0.3 is 15.6 Å². The lowest BCUT2D eigenvalue weighted by atomic mass is 10.1. The Bertz CT molecular complexity index is 384. The Balaban J connectivity index is 2.07. The Morgan fingerprint density at radius 1 is 1.39 bits per heavy atom. The summed E-state index contributed by atoms with van der Waals surface area (Å²) in [6.45, 7) is 5.12. The molecule has 1 aromatic carbocycles. The monoisotopic (exact) mass is 250 g/mol. The van der Waals surface area contributed by atoms with Gasteiger partial charge in [0.05, 0.1) is 19.3 Å². The van der Waals surface area contributed by atoms with Crippen molar-refractivity contribution in [3.05, 3.63) is 35.4 Å². The van der Waals surface area contributed by atoms with Crippen molar-refractivity contribution in [1.29, 1.82) is 0 Å². The van der Waals surface area contributed by atoms with Gasteiger partial charge in [0.1, 0.15) is 0 Å².